The Kier molecular flexibility index (Phi) is 3.72. The molecule has 0 fully saturated rings. The maximum absolute atomic E-state index is 6.57. The minimum Gasteiger partial charge on any atom is -0.497 e. The number of fused-ring (bicyclic) bond motifs is 1. The van der Waals surface area contributed by atoms with Crippen LogP contribution in [0.4, 0.5) is 0 Å². The highest BCUT2D eigenvalue weighted by Crippen LogP contribution is 2.36. The number of hydrogen-bond donors (Lipinski definition) is 0. The summed E-state index contributed by atoms with van der Waals surface area (Å²) in [6.07, 6.45) is 0. The Hall–Kier alpha value is -2.19. The number of benzene rings is 3. The van der Waals surface area contributed by atoms with E-state index in [1.165, 1.54) is 0 Å². The Morgan fingerprint density at radius 2 is 1.43 bits per heavy atom. The molecule has 3 aromatic rings. The van der Waals surface area contributed by atoms with Gasteiger partial charge < -0.3 is 9.47 Å². The third-order valence-electron chi connectivity index (χ3n) is 3.56. The minimum atomic E-state index is 0.750. The van der Waals surface area contributed by atoms with Crippen molar-refractivity contribution >= 4 is 22.4 Å². The predicted molar refractivity (Wildman–Crippen MR) is 87.5 cm³/mol. The summed E-state index contributed by atoms with van der Waals surface area (Å²) in [6, 6.07) is 17.9. The molecule has 0 saturated heterocycles. The van der Waals surface area contributed by atoms with Crippen molar-refractivity contribution in [2.75, 3.05) is 14.2 Å². The summed E-state index contributed by atoms with van der Waals surface area (Å²) in [7, 11) is 3.32. The fourth-order valence-corrected chi connectivity index (χ4v) is 2.73. The van der Waals surface area contributed by atoms with Crippen molar-refractivity contribution in [2.45, 2.75) is 0 Å². The Morgan fingerprint density at radius 1 is 0.762 bits per heavy atom. The SMILES string of the molecule is COc1ccc(-c2ccc3cc(OC)ccc3c2Cl)cc1. The zero-order valence-electron chi connectivity index (χ0n) is 11.9. The van der Waals surface area contributed by atoms with Gasteiger partial charge in [-0.25, -0.2) is 0 Å². The fourth-order valence-electron chi connectivity index (χ4n) is 2.39. The first-order chi connectivity index (χ1) is 10.2. The van der Waals surface area contributed by atoms with E-state index in [9.17, 15) is 0 Å². The molecule has 3 aromatic carbocycles. The molecule has 0 N–H and O–H groups in total. The van der Waals surface area contributed by atoms with Crippen molar-refractivity contribution in [3.63, 3.8) is 0 Å². The average molecular weight is 299 g/mol. The molecule has 0 heterocycles. The van der Waals surface area contributed by atoms with E-state index in [2.05, 4.69) is 6.07 Å². The van der Waals surface area contributed by atoms with Crippen LogP contribution >= 0.6 is 11.6 Å². The molecule has 0 aliphatic rings. The van der Waals surface area contributed by atoms with Gasteiger partial charge in [0.2, 0.25) is 0 Å². The lowest BCUT2D eigenvalue weighted by atomic mass is 10.0. The lowest BCUT2D eigenvalue weighted by Gasteiger charge is -2.10. The van der Waals surface area contributed by atoms with Gasteiger partial charge in [-0.15, -0.1) is 0 Å². The molecule has 0 aliphatic heterocycles. The van der Waals surface area contributed by atoms with Gasteiger partial charge >= 0.3 is 0 Å². The van der Waals surface area contributed by atoms with Crippen LogP contribution in [0.5, 0.6) is 11.5 Å². The van der Waals surface area contributed by atoms with Crippen LogP contribution in [-0.4, -0.2) is 14.2 Å². The van der Waals surface area contributed by atoms with Crippen LogP contribution in [0.1, 0.15) is 0 Å². The van der Waals surface area contributed by atoms with Gasteiger partial charge in [0.25, 0.3) is 0 Å². The number of ether oxygens (including phenoxy) is 2. The molecule has 3 heteroatoms. The summed E-state index contributed by atoms with van der Waals surface area (Å²) in [4.78, 5) is 0. The van der Waals surface area contributed by atoms with Crippen molar-refractivity contribution in [3.05, 3.63) is 59.6 Å². The third kappa shape index (κ3) is 2.55. The van der Waals surface area contributed by atoms with Crippen LogP contribution in [-0.2, 0) is 0 Å². The number of methoxy groups -OCH3 is 2. The molecule has 0 bridgehead atoms. The lowest BCUT2D eigenvalue weighted by Crippen LogP contribution is -1.86. The summed E-state index contributed by atoms with van der Waals surface area (Å²) in [6.45, 7) is 0. The second-order valence-electron chi connectivity index (χ2n) is 4.74. The van der Waals surface area contributed by atoms with Gasteiger partial charge in [0.05, 0.1) is 19.2 Å². The molecule has 0 radical (unpaired) electrons. The van der Waals surface area contributed by atoms with Crippen LogP contribution in [0.15, 0.2) is 54.6 Å². The zero-order chi connectivity index (χ0) is 14.8. The van der Waals surface area contributed by atoms with E-state index in [4.69, 9.17) is 21.1 Å². The maximum atomic E-state index is 6.57. The summed E-state index contributed by atoms with van der Waals surface area (Å²) >= 11 is 6.57. The monoisotopic (exact) mass is 298 g/mol. The van der Waals surface area contributed by atoms with Gasteiger partial charge in [0.15, 0.2) is 0 Å². The summed E-state index contributed by atoms with van der Waals surface area (Å²) < 4.78 is 10.4. The second kappa shape index (κ2) is 5.66. The Bertz CT molecular complexity index is 779. The molecular weight excluding hydrogens is 284 g/mol. The normalized spacial score (nSPS) is 10.6. The maximum Gasteiger partial charge on any atom is 0.119 e. The largest absolute Gasteiger partial charge is 0.497 e. The number of rotatable bonds is 3. The van der Waals surface area contributed by atoms with Gasteiger partial charge in [-0.3, -0.25) is 0 Å². The third-order valence-corrected chi connectivity index (χ3v) is 3.97. The molecule has 0 spiro atoms. The van der Waals surface area contributed by atoms with E-state index in [1.807, 2.05) is 48.5 Å². The summed E-state index contributed by atoms with van der Waals surface area (Å²) in [5.74, 6) is 1.66. The van der Waals surface area contributed by atoms with Crippen molar-refractivity contribution < 1.29 is 9.47 Å². The molecule has 21 heavy (non-hydrogen) atoms. The van der Waals surface area contributed by atoms with Crippen molar-refractivity contribution in [2.24, 2.45) is 0 Å². The molecule has 2 nitrogen and oxygen atoms in total. The van der Waals surface area contributed by atoms with E-state index in [0.717, 1.165) is 38.4 Å². The number of hydrogen-bond acceptors (Lipinski definition) is 2. The Balaban J connectivity index is 2.12. The first-order valence-corrected chi connectivity index (χ1v) is 7.01. The van der Waals surface area contributed by atoms with Gasteiger partial charge in [-0.1, -0.05) is 35.9 Å². The highest BCUT2D eigenvalue weighted by molar-refractivity contribution is 6.38. The molecule has 3 rings (SSSR count). The fraction of sp³-hybridized carbons (Fsp3) is 0.111. The van der Waals surface area contributed by atoms with E-state index >= 15 is 0 Å². The Morgan fingerprint density at radius 3 is 2.10 bits per heavy atom. The summed E-state index contributed by atoms with van der Waals surface area (Å²) in [5, 5.41) is 2.84. The highest BCUT2D eigenvalue weighted by atomic mass is 35.5. The molecule has 0 aliphatic carbocycles. The number of halogens is 1. The quantitative estimate of drug-likeness (QED) is 0.663. The molecule has 106 valence electrons. The smallest absolute Gasteiger partial charge is 0.119 e. The van der Waals surface area contributed by atoms with Gasteiger partial charge in [-0.05, 0) is 41.3 Å². The van der Waals surface area contributed by atoms with Crippen LogP contribution in [0.2, 0.25) is 5.02 Å². The molecule has 0 unspecified atom stereocenters. The first kappa shape index (κ1) is 13.8. The van der Waals surface area contributed by atoms with E-state index in [1.54, 1.807) is 14.2 Å². The first-order valence-electron chi connectivity index (χ1n) is 6.63. The van der Waals surface area contributed by atoms with Gasteiger partial charge in [0.1, 0.15) is 11.5 Å². The molecule has 0 aromatic heterocycles. The highest BCUT2D eigenvalue weighted by Gasteiger charge is 2.08. The second-order valence-corrected chi connectivity index (χ2v) is 5.12. The summed E-state index contributed by atoms with van der Waals surface area (Å²) in [5.41, 5.74) is 2.08. The van der Waals surface area contributed by atoms with Crippen molar-refractivity contribution in [1.29, 1.82) is 0 Å². The standard InChI is InChI=1S/C18H15ClO2/c1-20-14-6-3-12(4-7-14)16-9-5-13-11-15(21-2)8-10-17(13)18(16)19/h3-11H,1-2H3. The van der Waals surface area contributed by atoms with Gasteiger partial charge in [-0.2, -0.15) is 0 Å². The molecule has 0 atom stereocenters. The Labute approximate surface area is 128 Å². The topological polar surface area (TPSA) is 18.5 Å². The lowest BCUT2D eigenvalue weighted by molar-refractivity contribution is 0.415. The minimum absolute atomic E-state index is 0.750. The van der Waals surface area contributed by atoms with Crippen LogP contribution < -0.4 is 9.47 Å². The zero-order valence-corrected chi connectivity index (χ0v) is 12.6. The van der Waals surface area contributed by atoms with Crippen LogP contribution in [0, 0.1) is 0 Å². The van der Waals surface area contributed by atoms with E-state index < -0.39 is 0 Å². The molecule has 0 amide bonds. The van der Waals surface area contributed by atoms with E-state index in [0.29, 0.717) is 0 Å². The molecule has 0 saturated carbocycles. The average Bonchev–Trinajstić information content (AvgIpc) is 2.55. The van der Waals surface area contributed by atoms with Crippen molar-refractivity contribution in [3.8, 4) is 22.6 Å². The van der Waals surface area contributed by atoms with Crippen LogP contribution in [0.3, 0.4) is 0 Å². The molecular formula is C18H15ClO2. The van der Waals surface area contributed by atoms with Gasteiger partial charge in [0, 0.05) is 10.9 Å². The van der Waals surface area contributed by atoms with E-state index in [-0.39, 0.29) is 0 Å². The van der Waals surface area contributed by atoms with Crippen molar-refractivity contribution in [1.82, 2.24) is 0 Å². The predicted octanol–water partition coefficient (Wildman–Crippen LogP) is 5.18. The van der Waals surface area contributed by atoms with Crippen LogP contribution in [0.25, 0.3) is 21.9 Å².